The minimum absolute atomic E-state index is 0.643. The molecule has 1 aliphatic heterocycles. The summed E-state index contributed by atoms with van der Waals surface area (Å²) in [5.41, 5.74) is 1.90. The van der Waals surface area contributed by atoms with Gasteiger partial charge in [-0.15, -0.1) is 0 Å². The lowest BCUT2D eigenvalue weighted by atomic mass is 10.2. The first kappa shape index (κ1) is 17.5. The molecule has 1 saturated heterocycles. The largest absolute Gasteiger partial charge is 0.494 e. The highest BCUT2D eigenvalue weighted by Gasteiger charge is 2.20. The molecule has 0 bridgehead atoms. The molecule has 2 aromatic heterocycles. The van der Waals surface area contributed by atoms with E-state index in [2.05, 4.69) is 24.8 Å². The fourth-order valence-corrected chi connectivity index (χ4v) is 3.16. The summed E-state index contributed by atoms with van der Waals surface area (Å²) < 4.78 is 11.1. The van der Waals surface area contributed by atoms with Crippen LogP contribution < -0.4 is 9.64 Å². The van der Waals surface area contributed by atoms with E-state index in [1.807, 2.05) is 37.3 Å². The molecule has 0 aliphatic carbocycles. The molecule has 1 aliphatic rings. The van der Waals surface area contributed by atoms with Gasteiger partial charge in [0.25, 0.3) is 0 Å². The van der Waals surface area contributed by atoms with Crippen molar-refractivity contribution >= 4 is 5.95 Å². The van der Waals surface area contributed by atoms with Crippen molar-refractivity contribution in [1.29, 1.82) is 0 Å². The van der Waals surface area contributed by atoms with E-state index in [0.717, 1.165) is 55.7 Å². The van der Waals surface area contributed by atoms with Crippen molar-refractivity contribution in [2.75, 3.05) is 37.7 Å². The van der Waals surface area contributed by atoms with Crippen molar-refractivity contribution in [3.63, 3.8) is 0 Å². The molecule has 0 spiro atoms. The summed E-state index contributed by atoms with van der Waals surface area (Å²) in [6.07, 6.45) is 5.32. The van der Waals surface area contributed by atoms with Gasteiger partial charge in [0.15, 0.2) is 0 Å². The summed E-state index contributed by atoms with van der Waals surface area (Å²) in [5, 5.41) is 0. The van der Waals surface area contributed by atoms with Crippen LogP contribution in [0.15, 0.2) is 53.4 Å². The van der Waals surface area contributed by atoms with Crippen LogP contribution >= 0.6 is 0 Å². The number of benzene rings is 1. The standard InChI is InChI=1S/C20H23N5O2/c1-2-26-18-6-4-16(5-7-18)19-23-17(15-27-19)14-24-10-12-25(13-11-24)20-21-8-3-9-22-20/h3-9,15H,2,10-14H2,1H3. The van der Waals surface area contributed by atoms with Crippen molar-refractivity contribution < 1.29 is 9.15 Å². The number of nitrogens with zero attached hydrogens (tertiary/aromatic N) is 5. The molecule has 3 aromatic rings. The Morgan fingerprint density at radius 3 is 2.48 bits per heavy atom. The zero-order valence-electron chi connectivity index (χ0n) is 15.4. The van der Waals surface area contributed by atoms with Gasteiger partial charge in [-0.05, 0) is 37.3 Å². The van der Waals surface area contributed by atoms with Crippen LogP contribution in [-0.4, -0.2) is 52.6 Å². The molecule has 0 saturated carbocycles. The number of anilines is 1. The van der Waals surface area contributed by atoms with E-state index >= 15 is 0 Å². The van der Waals surface area contributed by atoms with Crippen LogP contribution in [0.5, 0.6) is 5.75 Å². The van der Waals surface area contributed by atoms with Crippen molar-refractivity contribution in [1.82, 2.24) is 19.9 Å². The van der Waals surface area contributed by atoms with Crippen LogP contribution in [0.2, 0.25) is 0 Å². The minimum atomic E-state index is 0.643. The first-order valence-corrected chi connectivity index (χ1v) is 9.24. The van der Waals surface area contributed by atoms with Gasteiger partial charge in [-0.3, -0.25) is 4.90 Å². The van der Waals surface area contributed by atoms with Gasteiger partial charge >= 0.3 is 0 Å². The van der Waals surface area contributed by atoms with Crippen LogP contribution in [0.3, 0.4) is 0 Å². The van der Waals surface area contributed by atoms with E-state index in [9.17, 15) is 0 Å². The average molecular weight is 365 g/mol. The molecule has 1 aromatic carbocycles. The molecule has 27 heavy (non-hydrogen) atoms. The molecular formula is C20H23N5O2. The smallest absolute Gasteiger partial charge is 0.226 e. The highest BCUT2D eigenvalue weighted by atomic mass is 16.5. The van der Waals surface area contributed by atoms with Crippen molar-refractivity contribution in [2.24, 2.45) is 0 Å². The lowest BCUT2D eigenvalue weighted by Gasteiger charge is -2.34. The Balaban J connectivity index is 1.33. The normalized spacial score (nSPS) is 15.1. The monoisotopic (exact) mass is 365 g/mol. The fourth-order valence-electron chi connectivity index (χ4n) is 3.16. The first-order valence-electron chi connectivity index (χ1n) is 9.24. The third-order valence-corrected chi connectivity index (χ3v) is 4.56. The molecular weight excluding hydrogens is 342 g/mol. The van der Waals surface area contributed by atoms with Gasteiger partial charge in [-0.2, -0.15) is 0 Å². The predicted octanol–water partition coefficient (Wildman–Crippen LogP) is 2.85. The Kier molecular flexibility index (Phi) is 5.29. The second-order valence-corrected chi connectivity index (χ2v) is 6.41. The van der Waals surface area contributed by atoms with E-state index in [1.54, 1.807) is 18.7 Å². The quantitative estimate of drug-likeness (QED) is 0.665. The van der Waals surface area contributed by atoms with Crippen LogP contribution in [-0.2, 0) is 6.54 Å². The van der Waals surface area contributed by atoms with Gasteiger partial charge in [0, 0.05) is 50.7 Å². The summed E-state index contributed by atoms with van der Waals surface area (Å²) in [6.45, 7) is 7.13. The predicted molar refractivity (Wildman–Crippen MR) is 103 cm³/mol. The molecule has 0 unspecified atom stereocenters. The SMILES string of the molecule is CCOc1ccc(-c2nc(CN3CCN(c4ncccn4)CC3)co2)cc1. The second-order valence-electron chi connectivity index (χ2n) is 6.41. The van der Waals surface area contributed by atoms with E-state index in [-0.39, 0.29) is 0 Å². The zero-order valence-corrected chi connectivity index (χ0v) is 15.4. The van der Waals surface area contributed by atoms with E-state index in [1.165, 1.54) is 0 Å². The van der Waals surface area contributed by atoms with Crippen LogP contribution in [0.4, 0.5) is 5.95 Å². The van der Waals surface area contributed by atoms with Crippen molar-refractivity contribution in [2.45, 2.75) is 13.5 Å². The Labute approximate surface area is 158 Å². The highest BCUT2D eigenvalue weighted by Crippen LogP contribution is 2.22. The molecule has 4 rings (SSSR count). The minimum Gasteiger partial charge on any atom is -0.494 e. The third kappa shape index (κ3) is 4.25. The van der Waals surface area contributed by atoms with Crippen LogP contribution in [0, 0.1) is 0 Å². The summed E-state index contributed by atoms with van der Waals surface area (Å²) in [5.74, 6) is 2.30. The molecule has 7 nitrogen and oxygen atoms in total. The molecule has 3 heterocycles. The molecule has 0 amide bonds. The summed E-state index contributed by atoms with van der Waals surface area (Å²) in [4.78, 5) is 17.9. The number of piperazine rings is 1. The van der Waals surface area contributed by atoms with Gasteiger partial charge < -0.3 is 14.1 Å². The first-order chi connectivity index (χ1) is 13.3. The lowest BCUT2D eigenvalue weighted by Crippen LogP contribution is -2.46. The van der Waals surface area contributed by atoms with E-state index in [4.69, 9.17) is 9.15 Å². The van der Waals surface area contributed by atoms with Gasteiger partial charge in [0.1, 0.15) is 12.0 Å². The maximum Gasteiger partial charge on any atom is 0.226 e. The Bertz CT molecular complexity index is 842. The van der Waals surface area contributed by atoms with Gasteiger partial charge in [-0.1, -0.05) is 0 Å². The molecule has 0 atom stereocenters. The molecule has 0 N–H and O–H groups in total. The number of ether oxygens (including phenoxy) is 1. The Morgan fingerprint density at radius 2 is 1.78 bits per heavy atom. The van der Waals surface area contributed by atoms with Crippen LogP contribution in [0.1, 0.15) is 12.6 Å². The zero-order chi connectivity index (χ0) is 18.5. The molecule has 0 radical (unpaired) electrons. The summed E-state index contributed by atoms with van der Waals surface area (Å²) >= 11 is 0. The van der Waals surface area contributed by atoms with Crippen molar-refractivity contribution in [3.8, 4) is 17.2 Å². The topological polar surface area (TPSA) is 67.5 Å². The van der Waals surface area contributed by atoms with Gasteiger partial charge in [0.2, 0.25) is 11.8 Å². The number of rotatable bonds is 6. The maximum atomic E-state index is 5.67. The second kappa shape index (κ2) is 8.18. The lowest BCUT2D eigenvalue weighted by molar-refractivity contribution is 0.246. The molecule has 140 valence electrons. The Hall–Kier alpha value is -2.93. The number of hydrogen-bond donors (Lipinski definition) is 0. The summed E-state index contributed by atoms with van der Waals surface area (Å²) in [6, 6.07) is 9.66. The van der Waals surface area contributed by atoms with E-state index < -0.39 is 0 Å². The van der Waals surface area contributed by atoms with E-state index in [0.29, 0.717) is 12.5 Å². The molecule has 1 fully saturated rings. The number of oxazole rings is 1. The summed E-state index contributed by atoms with van der Waals surface area (Å²) in [7, 11) is 0. The molecule has 7 heteroatoms. The average Bonchev–Trinajstić information content (AvgIpc) is 3.18. The maximum absolute atomic E-state index is 5.67. The van der Waals surface area contributed by atoms with Crippen molar-refractivity contribution in [3.05, 3.63) is 54.7 Å². The Morgan fingerprint density at radius 1 is 1.04 bits per heavy atom. The number of hydrogen-bond acceptors (Lipinski definition) is 7. The fraction of sp³-hybridized carbons (Fsp3) is 0.350. The van der Waals surface area contributed by atoms with Gasteiger partial charge in [0.05, 0.1) is 12.3 Å². The number of aromatic nitrogens is 3. The van der Waals surface area contributed by atoms with Gasteiger partial charge in [-0.25, -0.2) is 15.0 Å². The third-order valence-electron chi connectivity index (χ3n) is 4.56. The van der Waals surface area contributed by atoms with Crippen LogP contribution in [0.25, 0.3) is 11.5 Å². The highest BCUT2D eigenvalue weighted by molar-refractivity contribution is 5.54.